The lowest BCUT2D eigenvalue weighted by atomic mass is 10.1. The Balaban J connectivity index is 2.28. The number of hydrogen-bond donors (Lipinski definition) is 0. The first-order valence-corrected chi connectivity index (χ1v) is 8.50. The van der Waals surface area contributed by atoms with Gasteiger partial charge < -0.3 is 5.11 Å². The summed E-state index contributed by atoms with van der Waals surface area (Å²) in [4.78, 5) is 0. The van der Waals surface area contributed by atoms with Crippen molar-refractivity contribution in [2.45, 2.75) is 12.8 Å². The second kappa shape index (κ2) is 6.07. The topological polar surface area (TPSA) is 93.8 Å². The van der Waals surface area contributed by atoms with Crippen molar-refractivity contribution in [3.05, 3.63) is 35.4 Å². The van der Waals surface area contributed by atoms with Crippen LogP contribution >= 0.6 is 7.94 Å². The molecule has 0 radical (unpaired) electrons. The van der Waals surface area contributed by atoms with Gasteiger partial charge in [-0.15, -0.1) is 5.10 Å². The maximum atomic E-state index is 13.0. The first-order chi connectivity index (χ1) is 11.1. The van der Waals surface area contributed by atoms with Gasteiger partial charge in [0.25, 0.3) is 0 Å². The van der Waals surface area contributed by atoms with Gasteiger partial charge in [-0.3, -0.25) is 0 Å². The van der Waals surface area contributed by atoms with Crippen LogP contribution in [0.2, 0.25) is 0 Å². The van der Waals surface area contributed by atoms with Crippen LogP contribution in [0.3, 0.4) is 0 Å². The van der Waals surface area contributed by atoms with E-state index < -0.39 is 13.8 Å². The van der Waals surface area contributed by atoms with Gasteiger partial charge in [0.1, 0.15) is 5.85 Å². The summed E-state index contributed by atoms with van der Waals surface area (Å²) in [6.07, 6.45) is 0. The third-order valence-corrected chi connectivity index (χ3v) is 6.15. The minimum Gasteiger partial charge on any atom is -0.811 e. The number of aryl methyl sites for hydroxylation is 1. The molecule has 3 aromatic rings. The zero-order valence-corrected chi connectivity index (χ0v) is 14.2. The van der Waals surface area contributed by atoms with Crippen LogP contribution in [0.4, 0.5) is 0 Å². The van der Waals surface area contributed by atoms with Crippen molar-refractivity contribution in [2.24, 2.45) is 0 Å². The molecule has 0 bridgehead atoms. The molecule has 1 aromatic carbocycles. The van der Waals surface area contributed by atoms with Gasteiger partial charge in [-0.05, 0) is 35.5 Å². The van der Waals surface area contributed by atoms with Gasteiger partial charge in [-0.1, -0.05) is 11.6 Å². The molecule has 2 heterocycles. The molecule has 0 saturated heterocycles. The molecule has 0 aliphatic carbocycles. The number of rotatable bonds is 5. The molecule has 1 unspecified atom stereocenters. The fraction of sp³-hybridized carbons (Fsp3) is 0.357. The Labute approximate surface area is 133 Å². The SMILES string of the molecule is CO[P+](OC)(OC)C([O-])c1cc2cc(C)ccc2n2nnnc12. The van der Waals surface area contributed by atoms with Crippen molar-refractivity contribution in [3.8, 4) is 0 Å². The summed E-state index contributed by atoms with van der Waals surface area (Å²) in [5, 5.41) is 25.6. The molecule has 0 saturated carbocycles. The molecule has 3 rings (SSSR count). The highest BCUT2D eigenvalue weighted by Gasteiger charge is 2.46. The largest absolute Gasteiger partial charge is 0.811 e. The number of nitrogens with zero attached hydrogens (tertiary/aromatic N) is 4. The van der Waals surface area contributed by atoms with Gasteiger partial charge in [-0.25, -0.2) is 0 Å². The van der Waals surface area contributed by atoms with Gasteiger partial charge in [0.05, 0.1) is 26.8 Å². The maximum absolute atomic E-state index is 13.0. The third kappa shape index (κ3) is 2.49. The molecule has 1 atom stereocenters. The van der Waals surface area contributed by atoms with Crippen LogP contribution in [0.15, 0.2) is 24.3 Å². The molecule has 8 nitrogen and oxygen atoms in total. The molecule has 0 aliphatic rings. The third-order valence-electron chi connectivity index (χ3n) is 3.77. The molecular weight excluding hydrogens is 319 g/mol. The van der Waals surface area contributed by atoms with Crippen LogP contribution in [0.5, 0.6) is 0 Å². The van der Waals surface area contributed by atoms with Crippen LogP contribution in [-0.4, -0.2) is 41.4 Å². The first-order valence-electron chi connectivity index (χ1n) is 6.89. The summed E-state index contributed by atoms with van der Waals surface area (Å²) in [6, 6.07) is 7.63. The zero-order valence-electron chi connectivity index (χ0n) is 13.3. The molecule has 0 aliphatic heterocycles. The molecule has 0 spiro atoms. The fourth-order valence-corrected chi connectivity index (χ4v) is 4.16. The molecule has 2 aromatic heterocycles. The second-order valence-corrected chi connectivity index (χ2v) is 7.66. The van der Waals surface area contributed by atoms with E-state index >= 15 is 0 Å². The normalized spacial score (nSPS) is 13.8. The minimum atomic E-state index is -3.09. The Morgan fingerprint density at radius 1 is 1.13 bits per heavy atom. The average Bonchev–Trinajstić information content (AvgIpc) is 3.05. The first kappa shape index (κ1) is 16.2. The Hall–Kier alpha value is -1.70. The van der Waals surface area contributed by atoms with Crippen molar-refractivity contribution in [1.29, 1.82) is 0 Å². The molecule has 122 valence electrons. The number of benzene rings is 1. The Morgan fingerprint density at radius 3 is 2.48 bits per heavy atom. The van der Waals surface area contributed by atoms with Crippen molar-refractivity contribution in [3.63, 3.8) is 0 Å². The highest BCUT2D eigenvalue weighted by molar-refractivity contribution is 7.61. The highest BCUT2D eigenvalue weighted by Crippen LogP contribution is 2.68. The summed E-state index contributed by atoms with van der Waals surface area (Å²) < 4.78 is 17.4. The van der Waals surface area contributed by atoms with Crippen molar-refractivity contribution in [2.75, 3.05) is 21.3 Å². The quantitative estimate of drug-likeness (QED) is 0.654. The Kier molecular flexibility index (Phi) is 4.27. The van der Waals surface area contributed by atoms with Crippen LogP contribution in [0, 0.1) is 6.92 Å². The van der Waals surface area contributed by atoms with Gasteiger partial charge >= 0.3 is 7.94 Å². The van der Waals surface area contributed by atoms with E-state index in [1.165, 1.54) is 21.3 Å². The fourth-order valence-electron chi connectivity index (χ4n) is 2.61. The standard InChI is InChI=1S/C14H17N4O4P/c1-9-5-6-12-10(7-9)8-11(13-15-16-17-18(12)13)14(19)23(20-2,21-3)22-4/h5-8,14H,1-4H3. The predicted molar refractivity (Wildman–Crippen MR) is 83.7 cm³/mol. The molecule has 0 fully saturated rings. The zero-order chi connectivity index (χ0) is 16.6. The molecule has 0 amide bonds. The van der Waals surface area contributed by atoms with E-state index in [9.17, 15) is 5.11 Å². The van der Waals surface area contributed by atoms with E-state index in [1.54, 1.807) is 10.6 Å². The van der Waals surface area contributed by atoms with Gasteiger partial charge in [-0.2, -0.15) is 18.1 Å². The number of aromatic nitrogens is 4. The van der Waals surface area contributed by atoms with Gasteiger partial charge in [0.2, 0.25) is 0 Å². The summed E-state index contributed by atoms with van der Waals surface area (Å²) in [6.45, 7) is 1.98. The highest BCUT2D eigenvalue weighted by atomic mass is 31.2. The minimum absolute atomic E-state index is 0.372. The summed E-state index contributed by atoms with van der Waals surface area (Å²) in [5.74, 6) is -1.39. The van der Waals surface area contributed by atoms with Crippen LogP contribution in [0.1, 0.15) is 17.0 Å². The van der Waals surface area contributed by atoms with E-state index in [4.69, 9.17) is 13.6 Å². The lowest BCUT2D eigenvalue weighted by Crippen LogP contribution is -2.23. The lowest BCUT2D eigenvalue weighted by molar-refractivity contribution is -0.401. The summed E-state index contributed by atoms with van der Waals surface area (Å²) in [5.41, 5.74) is 2.65. The average molecular weight is 336 g/mol. The van der Waals surface area contributed by atoms with Gasteiger partial charge in [0, 0.05) is 10.9 Å². The van der Waals surface area contributed by atoms with E-state index in [2.05, 4.69) is 15.5 Å². The van der Waals surface area contributed by atoms with E-state index in [-0.39, 0.29) is 0 Å². The van der Waals surface area contributed by atoms with E-state index in [0.29, 0.717) is 11.2 Å². The number of hydrogen-bond acceptors (Lipinski definition) is 7. The molecule has 9 heteroatoms. The lowest BCUT2D eigenvalue weighted by Gasteiger charge is -2.30. The van der Waals surface area contributed by atoms with Crippen LogP contribution in [-0.2, 0) is 13.6 Å². The van der Waals surface area contributed by atoms with Crippen LogP contribution in [0.25, 0.3) is 16.6 Å². The molecule has 23 heavy (non-hydrogen) atoms. The van der Waals surface area contributed by atoms with E-state index in [0.717, 1.165) is 16.5 Å². The Bertz CT molecular complexity index is 841. The summed E-state index contributed by atoms with van der Waals surface area (Å²) >= 11 is 0. The van der Waals surface area contributed by atoms with Crippen molar-refractivity contribution in [1.82, 2.24) is 20.0 Å². The molecular formula is C14H17N4O4P. The maximum Gasteiger partial charge on any atom is 0.402 e. The van der Waals surface area contributed by atoms with Crippen molar-refractivity contribution < 1.29 is 18.7 Å². The number of fused-ring (bicyclic) bond motifs is 3. The second-order valence-electron chi connectivity index (χ2n) is 5.02. The number of pyridine rings is 1. The monoisotopic (exact) mass is 336 g/mol. The smallest absolute Gasteiger partial charge is 0.402 e. The summed E-state index contributed by atoms with van der Waals surface area (Å²) in [7, 11) is 1.11. The van der Waals surface area contributed by atoms with E-state index in [1.807, 2.05) is 25.1 Å². The number of tetrazole rings is 1. The van der Waals surface area contributed by atoms with Gasteiger partial charge in [0.15, 0.2) is 5.65 Å². The Morgan fingerprint density at radius 2 is 1.83 bits per heavy atom. The van der Waals surface area contributed by atoms with Crippen LogP contribution < -0.4 is 5.11 Å². The molecule has 0 N–H and O–H groups in total. The predicted octanol–water partition coefficient (Wildman–Crippen LogP) is 1.65. The van der Waals surface area contributed by atoms with Crippen molar-refractivity contribution >= 4 is 24.5 Å².